The summed E-state index contributed by atoms with van der Waals surface area (Å²) < 4.78 is 1.65. The Kier molecular flexibility index (Phi) is 5.42. The number of benzene rings is 2. The van der Waals surface area contributed by atoms with E-state index in [1.807, 2.05) is 68.4 Å². The second kappa shape index (κ2) is 8.19. The van der Waals surface area contributed by atoms with Crippen molar-refractivity contribution < 1.29 is 4.79 Å². The number of nitrogens with zero attached hydrogens (tertiary/aromatic N) is 2. The lowest BCUT2D eigenvalue weighted by atomic mass is 9.99. The molecule has 5 nitrogen and oxygen atoms in total. The first-order valence-electron chi connectivity index (χ1n) is 10.3. The SMILES string of the molecule is CCc1ccc(C(=O)Nc2ccc(C)c(-c3cc4cnc(C)cc4n(C)c3=O)c2)cc1. The van der Waals surface area contributed by atoms with Gasteiger partial charge in [-0.3, -0.25) is 14.6 Å². The maximum absolute atomic E-state index is 13.1. The molecular weight excluding hydrogens is 386 g/mol. The molecule has 1 N–H and O–H groups in total. The second-order valence-electron chi connectivity index (χ2n) is 7.84. The third kappa shape index (κ3) is 3.99. The van der Waals surface area contributed by atoms with Crippen LogP contribution in [-0.2, 0) is 13.5 Å². The summed E-state index contributed by atoms with van der Waals surface area (Å²) in [4.78, 5) is 30.2. The van der Waals surface area contributed by atoms with Gasteiger partial charge in [0.1, 0.15) is 0 Å². The van der Waals surface area contributed by atoms with Gasteiger partial charge in [-0.15, -0.1) is 0 Å². The van der Waals surface area contributed by atoms with Crippen LogP contribution in [0.3, 0.4) is 0 Å². The van der Waals surface area contributed by atoms with Gasteiger partial charge in [0.25, 0.3) is 11.5 Å². The molecule has 1 amide bonds. The first-order valence-corrected chi connectivity index (χ1v) is 10.3. The maximum Gasteiger partial charge on any atom is 0.258 e. The number of hydrogen-bond acceptors (Lipinski definition) is 3. The molecule has 0 radical (unpaired) electrons. The Bertz CT molecular complexity index is 1350. The lowest BCUT2D eigenvalue weighted by molar-refractivity contribution is 0.102. The van der Waals surface area contributed by atoms with Crippen LogP contribution >= 0.6 is 0 Å². The molecule has 2 heterocycles. The molecule has 2 aromatic heterocycles. The van der Waals surface area contributed by atoms with Gasteiger partial charge < -0.3 is 9.88 Å². The van der Waals surface area contributed by atoms with Crippen LogP contribution < -0.4 is 10.9 Å². The Morgan fingerprint density at radius 3 is 2.45 bits per heavy atom. The summed E-state index contributed by atoms with van der Waals surface area (Å²) in [7, 11) is 1.77. The molecule has 5 heteroatoms. The van der Waals surface area contributed by atoms with E-state index < -0.39 is 0 Å². The lowest BCUT2D eigenvalue weighted by Gasteiger charge is -2.13. The standard InChI is InChI=1S/C26H25N3O2/c1-5-18-7-9-19(10-8-18)25(30)28-21-11-6-16(2)22(14-21)23-13-20-15-27-17(3)12-24(20)29(4)26(23)31/h6-15H,5H2,1-4H3,(H,28,30). The van der Waals surface area contributed by atoms with Crippen LogP contribution in [0.15, 0.2) is 65.6 Å². The van der Waals surface area contributed by atoms with E-state index >= 15 is 0 Å². The number of hydrogen-bond donors (Lipinski definition) is 1. The fourth-order valence-electron chi connectivity index (χ4n) is 3.74. The van der Waals surface area contributed by atoms with Crippen molar-refractivity contribution in [3.8, 4) is 11.1 Å². The van der Waals surface area contributed by atoms with Crippen LogP contribution in [0, 0.1) is 13.8 Å². The molecule has 0 aliphatic carbocycles. The Balaban J connectivity index is 1.73. The van der Waals surface area contributed by atoms with Crippen molar-refractivity contribution in [1.82, 2.24) is 9.55 Å². The number of aromatic nitrogens is 2. The van der Waals surface area contributed by atoms with E-state index in [-0.39, 0.29) is 11.5 Å². The van der Waals surface area contributed by atoms with Gasteiger partial charge >= 0.3 is 0 Å². The molecule has 0 saturated carbocycles. The van der Waals surface area contributed by atoms with Crippen molar-refractivity contribution in [1.29, 1.82) is 0 Å². The number of amides is 1. The number of fused-ring (bicyclic) bond motifs is 1. The summed E-state index contributed by atoms with van der Waals surface area (Å²) in [6.45, 7) is 5.95. The van der Waals surface area contributed by atoms with Crippen LogP contribution in [0.1, 0.15) is 34.1 Å². The molecule has 0 unspecified atom stereocenters. The topological polar surface area (TPSA) is 64.0 Å². The summed E-state index contributed by atoms with van der Waals surface area (Å²) in [5, 5.41) is 3.85. The molecule has 0 aliphatic rings. The molecule has 0 saturated heterocycles. The van der Waals surface area contributed by atoms with Gasteiger partial charge in [-0.1, -0.05) is 25.1 Å². The molecule has 0 aliphatic heterocycles. The predicted octanol–water partition coefficient (Wildman–Crippen LogP) is 5.03. The Morgan fingerprint density at radius 1 is 1.00 bits per heavy atom. The molecule has 31 heavy (non-hydrogen) atoms. The third-order valence-corrected chi connectivity index (χ3v) is 5.65. The summed E-state index contributed by atoms with van der Waals surface area (Å²) >= 11 is 0. The van der Waals surface area contributed by atoms with Crippen molar-refractivity contribution in [3.05, 3.63) is 93.5 Å². The Hall–Kier alpha value is -3.73. The summed E-state index contributed by atoms with van der Waals surface area (Å²) in [5.41, 5.74) is 6.40. The molecule has 4 aromatic rings. The fourth-order valence-corrected chi connectivity index (χ4v) is 3.74. The fraction of sp³-hybridized carbons (Fsp3) is 0.192. The summed E-state index contributed by atoms with van der Waals surface area (Å²) in [6.07, 6.45) is 2.72. The van der Waals surface area contributed by atoms with Gasteiger partial charge in [0, 0.05) is 41.1 Å². The number of pyridine rings is 2. The van der Waals surface area contributed by atoms with Crippen molar-refractivity contribution in [2.45, 2.75) is 27.2 Å². The maximum atomic E-state index is 13.1. The zero-order valence-electron chi connectivity index (χ0n) is 18.2. The average Bonchev–Trinajstić information content (AvgIpc) is 2.78. The number of nitrogens with one attached hydrogen (secondary N) is 1. The molecule has 0 bridgehead atoms. The number of carbonyl (C=O) groups excluding carboxylic acids is 1. The van der Waals surface area contributed by atoms with Gasteiger partial charge in [0.2, 0.25) is 0 Å². The molecule has 2 aromatic carbocycles. The second-order valence-corrected chi connectivity index (χ2v) is 7.84. The quantitative estimate of drug-likeness (QED) is 0.512. The summed E-state index contributed by atoms with van der Waals surface area (Å²) in [5.74, 6) is -0.177. The van der Waals surface area contributed by atoms with Gasteiger partial charge in [-0.2, -0.15) is 0 Å². The van der Waals surface area contributed by atoms with Crippen LogP contribution in [0.5, 0.6) is 0 Å². The van der Waals surface area contributed by atoms with E-state index in [9.17, 15) is 9.59 Å². The van der Waals surface area contributed by atoms with Crippen LogP contribution in [0.4, 0.5) is 5.69 Å². The highest BCUT2D eigenvalue weighted by molar-refractivity contribution is 6.04. The Labute approximate surface area is 181 Å². The number of aryl methyl sites for hydroxylation is 4. The minimum absolute atomic E-state index is 0.0835. The van der Waals surface area contributed by atoms with Crippen LogP contribution in [0.2, 0.25) is 0 Å². The van der Waals surface area contributed by atoms with E-state index in [2.05, 4.69) is 17.2 Å². The monoisotopic (exact) mass is 411 g/mol. The van der Waals surface area contributed by atoms with E-state index in [0.717, 1.165) is 34.1 Å². The largest absolute Gasteiger partial charge is 0.322 e. The van der Waals surface area contributed by atoms with E-state index in [0.29, 0.717) is 16.8 Å². The lowest BCUT2D eigenvalue weighted by Crippen LogP contribution is -2.19. The van der Waals surface area contributed by atoms with Crippen molar-refractivity contribution in [2.24, 2.45) is 7.05 Å². The normalized spacial score (nSPS) is 11.0. The minimum atomic E-state index is -0.177. The highest BCUT2D eigenvalue weighted by atomic mass is 16.1. The minimum Gasteiger partial charge on any atom is -0.322 e. The Morgan fingerprint density at radius 2 is 1.74 bits per heavy atom. The third-order valence-electron chi connectivity index (χ3n) is 5.65. The number of rotatable bonds is 4. The van der Waals surface area contributed by atoms with Gasteiger partial charge in [0.15, 0.2) is 0 Å². The predicted molar refractivity (Wildman–Crippen MR) is 126 cm³/mol. The number of anilines is 1. The molecule has 0 atom stereocenters. The van der Waals surface area contributed by atoms with Crippen LogP contribution in [-0.4, -0.2) is 15.5 Å². The van der Waals surface area contributed by atoms with E-state index in [1.54, 1.807) is 17.8 Å². The van der Waals surface area contributed by atoms with Crippen molar-refractivity contribution in [2.75, 3.05) is 5.32 Å². The molecule has 4 rings (SSSR count). The molecular formula is C26H25N3O2. The van der Waals surface area contributed by atoms with Gasteiger partial charge in [-0.05, 0) is 73.4 Å². The highest BCUT2D eigenvalue weighted by Crippen LogP contribution is 2.27. The summed E-state index contributed by atoms with van der Waals surface area (Å²) in [6, 6.07) is 17.0. The molecule has 0 spiro atoms. The van der Waals surface area contributed by atoms with Crippen molar-refractivity contribution in [3.63, 3.8) is 0 Å². The van der Waals surface area contributed by atoms with Crippen molar-refractivity contribution >= 4 is 22.5 Å². The first kappa shape index (κ1) is 20.5. The molecule has 156 valence electrons. The number of carbonyl (C=O) groups is 1. The van der Waals surface area contributed by atoms with Gasteiger partial charge in [0.05, 0.1) is 5.52 Å². The zero-order valence-corrected chi connectivity index (χ0v) is 18.2. The zero-order chi connectivity index (χ0) is 22.1. The highest BCUT2D eigenvalue weighted by Gasteiger charge is 2.13. The van der Waals surface area contributed by atoms with E-state index in [4.69, 9.17) is 0 Å². The molecule has 0 fully saturated rings. The average molecular weight is 412 g/mol. The van der Waals surface area contributed by atoms with Crippen LogP contribution in [0.25, 0.3) is 22.0 Å². The van der Waals surface area contributed by atoms with E-state index in [1.165, 1.54) is 5.56 Å². The first-order chi connectivity index (χ1) is 14.9. The van der Waals surface area contributed by atoms with Gasteiger partial charge in [-0.25, -0.2) is 0 Å². The smallest absolute Gasteiger partial charge is 0.258 e.